The molecule has 23 nitrogen and oxygen atoms in total. The van der Waals surface area contributed by atoms with Gasteiger partial charge >= 0.3 is 23.5 Å². The molecule has 2 aromatic heterocycles. The number of ether oxygens (including phenoxy) is 1. The summed E-state index contributed by atoms with van der Waals surface area (Å²) >= 11 is 1.47. The van der Waals surface area contributed by atoms with Crippen LogP contribution in [0.5, 0.6) is 0 Å². The lowest BCUT2D eigenvalue weighted by Crippen LogP contribution is -2.46. The molecule has 3 heterocycles. The first-order valence-corrected chi connectivity index (χ1v) is 20.2. The van der Waals surface area contributed by atoms with E-state index in [0.29, 0.717) is 12.3 Å². The second-order valence-electron chi connectivity index (χ2n) is 11.6. The Morgan fingerprint density at radius 2 is 1.78 bits per heavy atom. The zero-order valence-electron chi connectivity index (χ0n) is 27.4. The van der Waals surface area contributed by atoms with Crippen LogP contribution >= 0.6 is 35.2 Å². The molecule has 2 amide bonds. The van der Waals surface area contributed by atoms with E-state index in [4.69, 9.17) is 19.5 Å². The molecule has 3 rings (SSSR count). The van der Waals surface area contributed by atoms with Gasteiger partial charge in [0.25, 0.3) is 0 Å². The molecule has 0 saturated carbocycles. The summed E-state index contributed by atoms with van der Waals surface area (Å²) in [6.07, 6.45) is -6.75. The van der Waals surface area contributed by atoms with Crippen molar-refractivity contribution in [3.63, 3.8) is 0 Å². The molecule has 7 atom stereocenters. The van der Waals surface area contributed by atoms with Gasteiger partial charge in [-0.1, -0.05) is 20.4 Å². The van der Waals surface area contributed by atoms with Crippen LogP contribution in [0.4, 0.5) is 5.82 Å². The van der Waals surface area contributed by atoms with Crippen LogP contribution in [0.2, 0.25) is 0 Å². The fourth-order valence-electron chi connectivity index (χ4n) is 4.36. The highest BCUT2D eigenvalue weighted by Crippen LogP contribution is 2.61. The van der Waals surface area contributed by atoms with Crippen LogP contribution in [0, 0.1) is 5.41 Å². The molecular weight excluding hydrogens is 767 g/mol. The normalized spacial score (nSPS) is 22.6. The van der Waals surface area contributed by atoms with E-state index in [1.807, 2.05) is 6.92 Å². The molecule has 0 radical (unpaired) electrons. The van der Waals surface area contributed by atoms with E-state index in [1.54, 1.807) is 0 Å². The molecule has 0 aliphatic carbocycles. The Bertz CT molecular complexity index is 1710. The van der Waals surface area contributed by atoms with E-state index in [-0.39, 0.29) is 35.9 Å². The Balaban J connectivity index is 1.55. The Morgan fingerprint density at radius 3 is 2.43 bits per heavy atom. The predicted molar refractivity (Wildman–Crippen MR) is 177 cm³/mol. The highest BCUT2D eigenvalue weighted by Gasteiger charge is 2.50. The number of carbonyl (C=O) groups is 2. The van der Waals surface area contributed by atoms with Gasteiger partial charge in [0.2, 0.25) is 11.8 Å². The Morgan fingerprint density at radius 1 is 1.12 bits per heavy atom. The molecule has 27 heteroatoms. The van der Waals surface area contributed by atoms with Gasteiger partial charge in [0.15, 0.2) is 17.7 Å². The average molecular weight is 808 g/mol. The maximum atomic E-state index is 12.6. The number of hydrogen-bond acceptors (Lipinski definition) is 17. The number of aliphatic hydroxyl groups excluding tert-OH is 2. The van der Waals surface area contributed by atoms with E-state index in [1.165, 1.54) is 25.6 Å². The third-order valence-electron chi connectivity index (χ3n) is 6.85. The summed E-state index contributed by atoms with van der Waals surface area (Å²) in [5.41, 5.74) is 4.30. The van der Waals surface area contributed by atoms with Gasteiger partial charge in [0.05, 0.1) is 19.5 Å². The third-order valence-corrected chi connectivity index (χ3v) is 10.9. The van der Waals surface area contributed by atoms with Gasteiger partial charge < -0.3 is 50.9 Å². The number of rotatable bonds is 20. The van der Waals surface area contributed by atoms with Gasteiger partial charge in [-0.05, 0) is 11.8 Å². The minimum atomic E-state index is -5.54. The van der Waals surface area contributed by atoms with Crippen LogP contribution in [0.3, 0.4) is 0 Å². The van der Waals surface area contributed by atoms with Gasteiger partial charge in [-0.15, -0.1) is 11.8 Å². The molecule has 0 bridgehead atoms. The van der Waals surface area contributed by atoms with E-state index in [0.717, 1.165) is 22.1 Å². The fourth-order valence-corrected chi connectivity index (χ4v) is 7.74. The number of fused-ring (bicyclic) bond motifs is 1. The largest absolute Gasteiger partial charge is 0.481 e. The number of aliphatic hydroxyl groups is 2. The number of nitrogen functional groups attached to an aromatic ring is 1. The number of amides is 2. The lowest BCUT2D eigenvalue weighted by atomic mass is 9.87. The summed E-state index contributed by atoms with van der Waals surface area (Å²) < 4.78 is 61.9. The molecule has 288 valence electrons. The number of imidazole rings is 1. The molecular formula is C24H40N7O16P3S. The lowest BCUT2D eigenvalue weighted by molar-refractivity contribution is -0.137. The van der Waals surface area contributed by atoms with Gasteiger partial charge in [0, 0.05) is 30.7 Å². The highest BCUT2D eigenvalue weighted by molar-refractivity contribution is 8.03. The molecule has 7 unspecified atom stereocenters. The van der Waals surface area contributed by atoms with Crippen molar-refractivity contribution >= 4 is 64.0 Å². The molecule has 1 aliphatic rings. The topological polar surface area (TPSA) is 347 Å². The zero-order valence-corrected chi connectivity index (χ0v) is 30.9. The quantitative estimate of drug-likeness (QED) is 0.0611. The number of nitrogens with zero attached hydrogens (tertiary/aromatic N) is 4. The highest BCUT2D eigenvalue weighted by atomic mass is 32.2. The standard InChI is InChI=1S/C24H40N7O16P3S/c1-13(2)51-8-7-26-15(32)5-6-27-22(35)19(34)24(3,4)10-44-50(41,42)47-49(39,40)43-9-14-18(46-48(36,37)38)17(33)23(45-14)31-12-30-16-20(25)28-11-29-21(16)31/h11-12,14,17-19,23,33-34H,1,5-10H2,2-4H3,(H,26,32)(H,27,35)(H,39,40)(H,41,42)(H2,25,28,29)(H2,36,37,38). The van der Waals surface area contributed by atoms with Crippen molar-refractivity contribution in [2.45, 2.75) is 57.8 Å². The van der Waals surface area contributed by atoms with Crippen LogP contribution in [0.1, 0.15) is 33.4 Å². The summed E-state index contributed by atoms with van der Waals surface area (Å²) in [6, 6.07) is 0. The summed E-state index contributed by atoms with van der Waals surface area (Å²) in [5.74, 6) is -0.715. The SMILES string of the molecule is C=C(C)SCCNC(=O)CCNC(=O)C(O)C(C)(C)COP(=O)(O)OP(=O)(O)OCC1OC(n2cnc3c(N)ncnc32)C(O)C1OP(=O)(O)O. The first-order chi connectivity index (χ1) is 23.5. The van der Waals surface area contributed by atoms with Crippen LogP contribution in [-0.2, 0) is 45.9 Å². The third kappa shape index (κ3) is 12.9. The van der Waals surface area contributed by atoms with Crippen molar-refractivity contribution in [1.82, 2.24) is 30.2 Å². The summed E-state index contributed by atoms with van der Waals surface area (Å²) in [6.45, 7) is 6.36. The molecule has 2 aromatic rings. The van der Waals surface area contributed by atoms with Gasteiger partial charge in [-0.3, -0.25) is 27.7 Å². The number of phosphoric ester groups is 3. The summed E-state index contributed by atoms with van der Waals surface area (Å²) in [7, 11) is -16.3. The number of aromatic nitrogens is 4. The van der Waals surface area contributed by atoms with Gasteiger partial charge in [-0.2, -0.15) is 4.31 Å². The maximum Gasteiger partial charge on any atom is 0.481 e. The zero-order chi connectivity index (χ0) is 38.4. The van der Waals surface area contributed by atoms with E-state index in [2.05, 4.69) is 41.0 Å². The van der Waals surface area contributed by atoms with Crippen LogP contribution in [0.15, 0.2) is 24.1 Å². The molecule has 0 aromatic carbocycles. The monoisotopic (exact) mass is 807 g/mol. The minimum absolute atomic E-state index is 0.0363. The van der Waals surface area contributed by atoms with E-state index in [9.17, 15) is 53.1 Å². The first-order valence-electron chi connectivity index (χ1n) is 14.7. The van der Waals surface area contributed by atoms with Gasteiger partial charge in [0.1, 0.15) is 36.3 Å². The van der Waals surface area contributed by atoms with E-state index < -0.39 is 78.6 Å². The smallest absolute Gasteiger partial charge is 0.386 e. The summed E-state index contributed by atoms with van der Waals surface area (Å²) in [5, 5.41) is 26.3. The van der Waals surface area contributed by atoms with Crippen molar-refractivity contribution in [1.29, 1.82) is 0 Å². The number of nitrogens with two attached hydrogens (primary N) is 1. The second-order valence-corrected chi connectivity index (χ2v) is 17.2. The predicted octanol–water partition coefficient (Wildman–Crippen LogP) is -0.328. The minimum Gasteiger partial charge on any atom is -0.386 e. The first kappa shape index (κ1) is 43.0. The lowest BCUT2D eigenvalue weighted by Gasteiger charge is -2.30. The molecule has 1 saturated heterocycles. The number of allylic oxidation sites excluding steroid dienone is 1. The Hall–Kier alpha value is -2.37. The van der Waals surface area contributed by atoms with Crippen molar-refractivity contribution < 1.29 is 75.7 Å². The number of thioether (sulfide) groups is 1. The number of nitrogens with one attached hydrogen (secondary N) is 2. The number of carbonyl (C=O) groups excluding carboxylic acids is 2. The molecule has 0 spiro atoms. The van der Waals surface area contributed by atoms with Crippen molar-refractivity contribution in [2.75, 3.05) is 37.8 Å². The molecule has 10 N–H and O–H groups in total. The van der Waals surface area contributed by atoms with Gasteiger partial charge in [-0.25, -0.2) is 28.6 Å². The summed E-state index contributed by atoms with van der Waals surface area (Å²) in [4.78, 5) is 76.1. The van der Waals surface area contributed by atoms with Crippen LogP contribution in [-0.4, -0.2) is 118 Å². The fraction of sp³-hybridized carbons (Fsp3) is 0.625. The number of phosphoric acid groups is 3. The number of anilines is 1. The van der Waals surface area contributed by atoms with Crippen LogP contribution in [0.25, 0.3) is 11.2 Å². The van der Waals surface area contributed by atoms with Crippen molar-refractivity contribution in [2.24, 2.45) is 5.41 Å². The molecule has 51 heavy (non-hydrogen) atoms. The maximum absolute atomic E-state index is 12.6. The van der Waals surface area contributed by atoms with Crippen LogP contribution < -0.4 is 16.4 Å². The number of hydrogen-bond donors (Lipinski definition) is 9. The Kier molecular flexibility index (Phi) is 14.9. The molecule has 1 fully saturated rings. The Labute approximate surface area is 294 Å². The van der Waals surface area contributed by atoms with Crippen molar-refractivity contribution in [3.05, 3.63) is 24.1 Å². The average Bonchev–Trinajstić information content (AvgIpc) is 3.57. The van der Waals surface area contributed by atoms with Crippen molar-refractivity contribution in [3.8, 4) is 0 Å². The van der Waals surface area contributed by atoms with E-state index >= 15 is 0 Å². The second kappa shape index (κ2) is 17.6. The molecule has 1 aliphatic heterocycles.